The molecular weight excluding hydrogens is 288 g/mol. The Bertz CT molecular complexity index is 530. The van der Waals surface area contributed by atoms with Gasteiger partial charge in [0, 0.05) is 24.1 Å². The number of halogens is 1. The van der Waals surface area contributed by atoms with E-state index in [4.69, 9.17) is 4.99 Å². The van der Waals surface area contributed by atoms with Crippen LogP contribution in [0.25, 0.3) is 0 Å². The van der Waals surface area contributed by atoms with Gasteiger partial charge in [0.1, 0.15) is 5.84 Å². The molecule has 0 radical (unpaired) electrons. The molecule has 0 unspecified atom stereocenters. The Morgan fingerprint density at radius 2 is 1.56 bits per heavy atom. The average Bonchev–Trinajstić information content (AvgIpc) is 2.38. The summed E-state index contributed by atoms with van der Waals surface area (Å²) >= 11 is 3.43. The van der Waals surface area contributed by atoms with Crippen LogP contribution in [-0.4, -0.2) is 24.8 Å². The Morgan fingerprint density at radius 1 is 0.944 bits per heavy atom. The fourth-order valence-electron chi connectivity index (χ4n) is 1.65. The molecule has 2 aromatic carbocycles. The van der Waals surface area contributed by atoms with Crippen LogP contribution in [0.3, 0.4) is 0 Å². The van der Waals surface area contributed by atoms with E-state index in [9.17, 15) is 0 Å². The highest BCUT2D eigenvalue weighted by molar-refractivity contribution is 9.10. The Labute approximate surface area is 116 Å². The van der Waals surface area contributed by atoms with Gasteiger partial charge >= 0.3 is 0 Å². The Balaban J connectivity index is 2.39. The van der Waals surface area contributed by atoms with Crippen LogP contribution in [0.5, 0.6) is 0 Å². The first-order valence-electron chi connectivity index (χ1n) is 5.74. The molecule has 0 atom stereocenters. The maximum atomic E-state index is 4.69. The molecule has 0 N–H and O–H groups in total. The second-order valence-corrected chi connectivity index (χ2v) is 5.09. The van der Waals surface area contributed by atoms with Crippen molar-refractivity contribution >= 4 is 27.5 Å². The largest absolute Gasteiger partial charge is 0.362 e. The molecule has 0 aromatic heterocycles. The first-order chi connectivity index (χ1) is 8.66. The lowest BCUT2D eigenvalue weighted by molar-refractivity contribution is 0.624. The maximum Gasteiger partial charge on any atom is 0.136 e. The van der Waals surface area contributed by atoms with E-state index in [0.717, 1.165) is 21.6 Å². The van der Waals surface area contributed by atoms with Crippen LogP contribution in [0.1, 0.15) is 5.56 Å². The van der Waals surface area contributed by atoms with Gasteiger partial charge in [-0.15, -0.1) is 0 Å². The smallest absolute Gasteiger partial charge is 0.136 e. The van der Waals surface area contributed by atoms with Crippen LogP contribution < -0.4 is 0 Å². The number of hydrogen-bond acceptors (Lipinski definition) is 1. The fourth-order valence-corrected chi connectivity index (χ4v) is 1.91. The van der Waals surface area contributed by atoms with Crippen LogP contribution >= 0.6 is 15.9 Å². The lowest BCUT2D eigenvalue weighted by Gasteiger charge is -2.16. The topological polar surface area (TPSA) is 15.6 Å². The van der Waals surface area contributed by atoms with E-state index in [1.165, 1.54) is 0 Å². The first kappa shape index (κ1) is 12.8. The van der Waals surface area contributed by atoms with Gasteiger partial charge in [-0.3, -0.25) is 0 Å². The Morgan fingerprint density at radius 3 is 2.11 bits per heavy atom. The molecule has 92 valence electrons. The van der Waals surface area contributed by atoms with Crippen molar-refractivity contribution in [1.29, 1.82) is 0 Å². The van der Waals surface area contributed by atoms with Crippen molar-refractivity contribution in [3.05, 3.63) is 64.6 Å². The van der Waals surface area contributed by atoms with Crippen LogP contribution in [0.2, 0.25) is 0 Å². The normalized spacial score (nSPS) is 11.4. The van der Waals surface area contributed by atoms with Crippen LogP contribution in [-0.2, 0) is 0 Å². The third-order valence-corrected chi connectivity index (χ3v) is 3.05. The van der Waals surface area contributed by atoms with E-state index >= 15 is 0 Å². The highest BCUT2D eigenvalue weighted by Crippen LogP contribution is 2.18. The highest BCUT2D eigenvalue weighted by Gasteiger charge is 2.05. The van der Waals surface area contributed by atoms with Crippen molar-refractivity contribution in [3.63, 3.8) is 0 Å². The molecule has 0 aliphatic heterocycles. The molecule has 0 saturated heterocycles. The third-order valence-electron chi connectivity index (χ3n) is 2.52. The molecule has 3 heteroatoms. The van der Waals surface area contributed by atoms with Crippen molar-refractivity contribution in [2.75, 3.05) is 14.1 Å². The molecule has 0 spiro atoms. The van der Waals surface area contributed by atoms with Gasteiger partial charge in [-0.2, -0.15) is 0 Å². The monoisotopic (exact) mass is 302 g/mol. The second-order valence-electron chi connectivity index (χ2n) is 4.17. The van der Waals surface area contributed by atoms with E-state index in [-0.39, 0.29) is 0 Å². The van der Waals surface area contributed by atoms with Crippen LogP contribution in [0.4, 0.5) is 5.69 Å². The van der Waals surface area contributed by atoms with E-state index in [1.807, 2.05) is 61.5 Å². The quantitative estimate of drug-likeness (QED) is 0.603. The molecule has 0 amide bonds. The first-order valence-corrected chi connectivity index (χ1v) is 6.53. The molecule has 2 aromatic rings. The molecule has 0 aliphatic carbocycles. The summed E-state index contributed by atoms with van der Waals surface area (Å²) in [5.74, 6) is 0.956. The number of rotatable bonds is 2. The predicted octanol–water partition coefficient (Wildman–Crippen LogP) is 4.09. The van der Waals surface area contributed by atoms with E-state index in [1.54, 1.807) is 0 Å². The van der Waals surface area contributed by atoms with Crippen molar-refractivity contribution in [3.8, 4) is 0 Å². The van der Waals surface area contributed by atoms with E-state index in [2.05, 4.69) is 28.1 Å². The van der Waals surface area contributed by atoms with Gasteiger partial charge in [0.2, 0.25) is 0 Å². The average molecular weight is 303 g/mol. The van der Waals surface area contributed by atoms with Crippen LogP contribution in [0.15, 0.2) is 64.1 Å². The lowest BCUT2D eigenvalue weighted by Crippen LogP contribution is -2.22. The van der Waals surface area contributed by atoms with Crippen molar-refractivity contribution in [1.82, 2.24) is 4.90 Å². The molecule has 0 saturated carbocycles. The summed E-state index contributed by atoms with van der Waals surface area (Å²) in [4.78, 5) is 6.72. The van der Waals surface area contributed by atoms with Gasteiger partial charge in [0.05, 0.1) is 5.69 Å². The third kappa shape index (κ3) is 3.20. The van der Waals surface area contributed by atoms with Crippen molar-refractivity contribution in [2.24, 2.45) is 4.99 Å². The highest BCUT2D eigenvalue weighted by atomic mass is 79.9. The molecule has 0 fully saturated rings. The van der Waals surface area contributed by atoms with Gasteiger partial charge in [-0.05, 0) is 24.3 Å². The molecule has 0 heterocycles. The zero-order valence-electron chi connectivity index (χ0n) is 10.5. The number of aliphatic imine (C=N–C) groups is 1. The number of amidine groups is 1. The lowest BCUT2D eigenvalue weighted by atomic mass is 10.2. The summed E-state index contributed by atoms with van der Waals surface area (Å²) in [7, 11) is 4.01. The minimum atomic E-state index is 0.950. The standard InChI is InChI=1S/C15H15BrN2/c1-18(2)15(12-6-4-3-5-7-12)17-14-10-8-13(16)9-11-14/h3-11H,1-2H3. The summed E-state index contributed by atoms with van der Waals surface area (Å²) in [6, 6.07) is 18.2. The predicted molar refractivity (Wildman–Crippen MR) is 80.5 cm³/mol. The maximum absolute atomic E-state index is 4.69. The van der Waals surface area contributed by atoms with Gasteiger partial charge < -0.3 is 4.90 Å². The molecule has 0 aliphatic rings. The second kappa shape index (κ2) is 5.83. The Hall–Kier alpha value is -1.61. The summed E-state index contributed by atoms with van der Waals surface area (Å²) < 4.78 is 1.06. The van der Waals surface area contributed by atoms with Gasteiger partial charge in [0.25, 0.3) is 0 Å². The SMILES string of the molecule is CN(C)C(=Nc1ccc(Br)cc1)c1ccccc1. The zero-order valence-corrected chi connectivity index (χ0v) is 12.1. The Kier molecular flexibility index (Phi) is 4.15. The summed E-state index contributed by atoms with van der Waals surface area (Å²) in [6.45, 7) is 0. The zero-order chi connectivity index (χ0) is 13.0. The fraction of sp³-hybridized carbons (Fsp3) is 0.133. The molecule has 2 nitrogen and oxygen atoms in total. The minimum Gasteiger partial charge on any atom is -0.362 e. The number of benzene rings is 2. The van der Waals surface area contributed by atoms with Crippen molar-refractivity contribution < 1.29 is 0 Å². The molecule has 18 heavy (non-hydrogen) atoms. The van der Waals surface area contributed by atoms with Gasteiger partial charge in [-0.1, -0.05) is 46.3 Å². The summed E-state index contributed by atoms with van der Waals surface area (Å²) in [6.07, 6.45) is 0. The molecular formula is C15H15BrN2. The van der Waals surface area contributed by atoms with E-state index in [0.29, 0.717) is 0 Å². The molecule has 0 bridgehead atoms. The van der Waals surface area contributed by atoms with Crippen LogP contribution in [0, 0.1) is 0 Å². The van der Waals surface area contributed by atoms with E-state index < -0.39 is 0 Å². The van der Waals surface area contributed by atoms with Crippen molar-refractivity contribution in [2.45, 2.75) is 0 Å². The number of nitrogens with zero attached hydrogens (tertiary/aromatic N) is 2. The van der Waals surface area contributed by atoms with Gasteiger partial charge in [0.15, 0.2) is 0 Å². The van der Waals surface area contributed by atoms with Gasteiger partial charge in [-0.25, -0.2) is 4.99 Å². The minimum absolute atomic E-state index is 0.950. The molecule has 2 rings (SSSR count). The number of hydrogen-bond donors (Lipinski definition) is 0. The summed E-state index contributed by atoms with van der Waals surface area (Å²) in [5, 5.41) is 0. The summed E-state index contributed by atoms with van der Waals surface area (Å²) in [5.41, 5.74) is 2.07.